The van der Waals surface area contributed by atoms with Crippen molar-refractivity contribution in [1.29, 1.82) is 5.26 Å². The Bertz CT molecular complexity index is 1340. The molecule has 0 bridgehead atoms. The molecule has 8 heteroatoms. The number of hydrogen-bond donors (Lipinski definition) is 2. The lowest BCUT2D eigenvalue weighted by Crippen LogP contribution is -2.29. The number of esters is 1. The van der Waals surface area contributed by atoms with Crippen LogP contribution in [-0.2, 0) is 14.3 Å². The zero-order valence-electron chi connectivity index (χ0n) is 19.9. The van der Waals surface area contributed by atoms with Crippen molar-refractivity contribution in [2.45, 2.75) is 19.8 Å². The third kappa shape index (κ3) is 5.53. The number of anilines is 1. The summed E-state index contributed by atoms with van der Waals surface area (Å²) >= 11 is 1.19. The number of hydrogen-bond acceptors (Lipinski definition) is 7. The van der Waals surface area contributed by atoms with Crippen LogP contribution in [0, 0.1) is 18.3 Å². The van der Waals surface area contributed by atoms with Gasteiger partial charge in [0.1, 0.15) is 5.76 Å². The molecule has 2 aromatic carbocycles. The first-order valence-electron chi connectivity index (χ1n) is 11.4. The first-order chi connectivity index (χ1) is 17.5. The molecule has 0 aliphatic carbocycles. The van der Waals surface area contributed by atoms with Crippen LogP contribution in [0.25, 0.3) is 5.70 Å². The van der Waals surface area contributed by atoms with Crippen molar-refractivity contribution in [3.05, 3.63) is 106 Å². The van der Waals surface area contributed by atoms with E-state index < -0.39 is 11.9 Å². The maximum absolute atomic E-state index is 13.2. The van der Waals surface area contributed by atoms with E-state index in [2.05, 4.69) is 16.7 Å². The largest absolute Gasteiger partial charge is 0.468 e. The van der Waals surface area contributed by atoms with Crippen LogP contribution in [0.2, 0.25) is 0 Å². The highest BCUT2D eigenvalue weighted by Crippen LogP contribution is 2.43. The highest BCUT2D eigenvalue weighted by molar-refractivity contribution is 8.03. The fraction of sp³-hybridized carbons (Fsp3) is 0.179. The summed E-state index contributed by atoms with van der Waals surface area (Å²) in [5.41, 5.74) is 3.61. The van der Waals surface area contributed by atoms with E-state index in [-0.39, 0.29) is 29.4 Å². The maximum atomic E-state index is 13.2. The molecule has 7 nitrogen and oxygen atoms in total. The van der Waals surface area contributed by atoms with Gasteiger partial charge in [-0.2, -0.15) is 5.26 Å². The molecule has 1 atom stereocenters. The lowest BCUT2D eigenvalue weighted by molar-refractivity contribution is -0.138. The second kappa shape index (κ2) is 11.5. The Hall–Kier alpha value is -4.22. The minimum absolute atomic E-state index is 0.0586. The highest BCUT2D eigenvalue weighted by atomic mass is 32.2. The summed E-state index contributed by atoms with van der Waals surface area (Å²) in [4.78, 5) is 25.9. The molecule has 4 rings (SSSR count). The molecule has 0 spiro atoms. The van der Waals surface area contributed by atoms with Gasteiger partial charge < -0.3 is 19.8 Å². The Morgan fingerprint density at radius 1 is 1.11 bits per heavy atom. The number of nitriles is 1. The Morgan fingerprint density at radius 3 is 2.50 bits per heavy atom. The van der Waals surface area contributed by atoms with Crippen molar-refractivity contribution in [3.8, 4) is 6.07 Å². The molecule has 1 aromatic heterocycles. The van der Waals surface area contributed by atoms with Gasteiger partial charge in [0.2, 0.25) is 5.91 Å². The Kier molecular flexibility index (Phi) is 7.93. The minimum atomic E-state index is -0.789. The Balaban J connectivity index is 1.70. The van der Waals surface area contributed by atoms with E-state index in [1.165, 1.54) is 18.0 Å². The number of ether oxygens (including phenoxy) is 1. The van der Waals surface area contributed by atoms with Gasteiger partial charge in [0.25, 0.3) is 0 Å². The molecule has 3 aromatic rings. The van der Waals surface area contributed by atoms with Gasteiger partial charge in [0, 0.05) is 5.69 Å². The molecule has 182 valence electrons. The van der Waals surface area contributed by atoms with Gasteiger partial charge >= 0.3 is 5.97 Å². The summed E-state index contributed by atoms with van der Waals surface area (Å²) in [7, 11) is 0. The quantitative estimate of drug-likeness (QED) is 0.402. The number of dihydropyridines is 1. The number of thioether (sulfide) groups is 1. The number of carbonyl (C=O) groups is 2. The van der Waals surface area contributed by atoms with E-state index in [1.54, 1.807) is 19.1 Å². The van der Waals surface area contributed by atoms with Crippen LogP contribution in [0.3, 0.4) is 0 Å². The number of benzene rings is 2. The third-order valence-electron chi connectivity index (χ3n) is 5.52. The molecule has 0 saturated carbocycles. The van der Waals surface area contributed by atoms with Gasteiger partial charge in [-0.1, -0.05) is 59.8 Å². The summed E-state index contributed by atoms with van der Waals surface area (Å²) in [5.74, 6) is -1.05. The topological polar surface area (TPSA) is 104 Å². The van der Waals surface area contributed by atoms with Crippen molar-refractivity contribution in [2.24, 2.45) is 0 Å². The van der Waals surface area contributed by atoms with Crippen molar-refractivity contribution >= 4 is 35.0 Å². The number of rotatable bonds is 8. The smallest absolute Gasteiger partial charge is 0.337 e. The van der Waals surface area contributed by atoms with Gasteiger partial charge in [-0.15, -0.1) is 0 Å². The van der Waals surface area contributed by atoms with Crippen LogP contribution in [0.1, 0.15) is 29.7 Å². The Morgan fingerprint density at radius 2 is 1.86 bits per heavy atom. The van der Waals surface area contributed by atoms with Crippen molar-refractivity contribution in [1.82, 2.24) is 5.32 Å². The summed E-state index contributed by atoms with van der Waals surface area (Å²) in [6.07, 6.45) is 1.50. The molecule has 2 N–H and O–H groups in total. The number of allylic oxidation sites excluding steroid dienone is 1. The molecule has 2 heterocycles. The molecule has 0 radical (unpaired) electrons. The van der Waals surface area contributed by atoms with Gasteiger partial charge in [-0.25, -0.2) is 4.79 Å². The van der Waals surface area contributed by atoms with Crippen molar-refractivity contribution in [2.75, 3.05) is 17.7 Å². The number of furan rings is 1. The highest BCUT2D eigenvalue weighted by Gasteiger charge is 2.38. The number of amides is 1. The second-order valence-electron chi connectivity index (χ2n) is 8.01. The number of carbonyl (C=O) groups excluding carboxylic acids is 2. The second-order valence-corrected chi connectivity index (χ2v) is 8.99. The average Bonchev–Trinajstić information content (AvgIpc) is 3.43. The van der Waals surface area contributed by atoms with Crippen LogP contribution in [0.5, 0.6) is 0 Å². The average molecular weight is 500 g/mol. The molecular formula is C28H25N3O4S. The van der Waals surface area contributed by atoms with E-state index in [4.69, 9.17) is 9.15 Å². The molecule has 0 unspecified atom stereocenters. The third-order valence-corrected chi connectivity index (χ3v) is 6.54. The maximum Gasteiger partial charge on any atom is 0.337 e. The molecule has 1 amide bonds. The first-order valence-corrected chi connectivity index (χ1v) is 12.4. The molecule has 0 saturated heterocycles. The SMILES string of the molecule is CCOC(=O)C1=C(c2ccccc2)NC(SCC(=O)Nc2ccc(C)cc2)=C(C#N)[C@H]1c1ccco1. The van der Waals surface area contributed by atoms with E-state index in [9.17, 15) is 14.9 Å². The number of nitrogens with one attached hydrogen (secondary N) is 2. The van der Waals surface area contributed by atoms with Gasteiger partial charge in [0.15, 0.2) is 0 Å². The predicted octanol–water partition coefficient (Wildman–Crippen LogP) is 5.36. The number of nitrogens with zero attached hydrogens (tertiary/aromatic N) is 1. The van der Waals surface area contributed by atoms with Crippen molar-refractivity contribution < 1.29 is 18.7 Å². The summed E-state index contributed by atoms with van der Waals surface area (Å²) in [5, 5.41) is 16.8. The van der Waals surface area contributed by atoms with E-state index in [1.807, 2.05) is 61.5 Å². The predicted molar refractivity (Wildman–Crippen MR) is 139 cm³/mol. The van der Waals surface area contributed by atoms with Crippen LogP contribution >= 0.6 is 11.8 Å². The fourth-order valence-corrected chi connectivity index (χ4v) is 4.71. The van der Waals surface area contributed by atoms with Gasteiger partial charge in [-0.3, -0.25) is 4.79 Å². The van der Waals surface area contributed by atoms with Crippen LogP contribution in [0.4, 0.5) is 5.69 Å². The van der Waals surface area contributed by atoms with E-state index in [0.717, 1.165) is 11.1 Å². The first kappa shape index (κ1) is 24.9. The Labute approximate surface area is 213 Å². The number of aryl methyl sites for hydroxylation is 1. The van der Waals surface area contributed by atoms with Crippen molar-refractivity contribution in [3.63, 3.8) is 0 Å². The molecule has 1 aliphatic heterocycles. The zero-order valence-corrected chi connectivity index (χ0v) is 20.7. The molecule has 36 heavy (non-hydrogen) atoms. The van der Waals surface area contributed by atoms with E-state index in [0.29, 0.717) is 22.2 Å². The van der Waals surface area contributed by atoms with Crippen LogP contribution < -0.4 is 10.6 Å². The standard InChI is InChI=1S/C28H25N3O4S/c1-3-34-28(33)25-24(22-10-7-15-35-22)21(16-29)27(31-26(25)19-8-5-4-6-9-19)36-17-23(32)30-20-13-11-18(2)12-14-20/h4-15,24,31H,3,17H2,1-2H3,(H,30,32)/t24-/m0/s1. The summed E-state index contributed by atoms with van der Waals surface area (Å²) in [6, 6.07) is 22.5. The van der Waals surface area contributed by atoms with Crippen LogP contribution in [-0.4, -0.2) is 24.2 Å². The zero-order chi connectivity index (χ0) is 25.5. The lowest BCUT2D eigenvalue weighted by atomic mass is 9.84. The molecular weight excluding hydrogens is 474 g/mol. The fourth-order valence-electron chi connectivity index (χ4n) is 3.87. The summed E-state index contributed by atoms with van der Waals surface area (Å²) in [6.45, 7) is 3.89. The van der Waals surface area contributed by atoms with Gasteiger partial charge in [0.05, 0.1) is 52.5 Å². The van der Waals surface area contributed by atoms with Crippen LogP contribution in [0.15, 0.2) is 93.6 Å². The van der Waals surface area contributed by atoms with E-state index >= 15 is 0 Å². The molecule has 1 aliphatic rings. The lowest BCUT2D eigenvalue weighted by Gasteiger charge is -2.29. The summed E-state index contributed by atoms with van der Waals surface area (Å²) < 4.78 is 11.0. The normalized spacial score (nSPS) is 15.2. The monoisotopic (exact) mass is 499 g/mol. The molecule has 0 fully saturated rings. The van der Waals surface area contributed by atoms with Gasteiger partial charge in [-0.05, 0) is 43.7 Å². The minimum Gasteiger partial charge on any atom is -0.468 e.